The molecule has 0 aromatic rings. The number of hydrogen-bond donors (Lipinski definition) is 0. The third-order valence-corrected chi connectivity index (χ3v) is 7.13. The summed E-state index contributed by atoms with van der Waals surface area (Å²) in [4.78, 5) is 29.1. The summed E-state index contributed by atoms with van der Waals surface area (Å²) in [6.07, 6.45) is 9.89. The van der Waals surface area contributed by atoms with Crippen LogP contribution in [0, 0.1) is 5.92 Å². The quantitative estimate of drug-likeness (QED) is 0.600. The van der Waals surface area contributed by atoms with E-state index in [4.69, 9.17) is 0 Å². The van der Waals surface area contributed by atoms with Gasteiger partial charge in [-0.1, -0.05) is 52.9 Å². The Balaban J connectivity index is 1.75. The van der Waals surface area contributed by atoms with Gasteiger partial charge in [-0.05, 0) is 19.3 Å². The molecule has 144 valence electrons. The maximum absolute atomic E-state index is 12.5. The van der Waals surface area contributed by atoms with Crippen LogP contribution in [0.1, 0.15) is 78.6 Å². The lowest BCUT2D eigenvalue weighted by molar-refractivity contribution is -0.139. The Hall–Kier alpha value is -0.710. The third-order valence-electron chi connectivity index (χ3n) is 5.58. The van der Waals surface area contributed by atoms with Crippen molar-refractivity contribution in [1.29, 1.82) is 0 Å². The first-order valence-corrected chi connectivity index (χ1v) is 11.2. The van der Waals surface area contributed by atoms with Crippen LogP contribution in [0.15, 0.2) is 0 Å². The minimum Gasteiger partial charge on any atom is -0.342 e. The second kappa shape index (κ2) is 9.84. The van der Waals surface area contributed by atoms with Crippen LogP contribution in [0.4, 0.5) is 0 Å². The summed E-state index contributed by atoms with van der Waals surface area (Å²) in [5, 5.41) is 0. The van der Waals surface area contributed by atoms with Crippen molar-refractivity contribution < 1.29 is 9.59 Å². The van der Waals surface area contributed by atoms with Gasteiger partial charge in [0.15, 0.2) is 0 Å². The highest BCUT2D eigenvalue weighted by Gasteiger charge is 2.47. The van der Waals surface area contributed by atoms with E-state index in [0.717, 1.165) is 44.6 Å². The maximum Gasteiger partial charge on any atom is 0.226 e. The molecule has 0 unspecified atom stereocenters. The number of rotatable bonds is 8. The van der Waals surface area contributed by atoms with Crippen LogP contribution in [0.5, 0.6) is 0 Å². The molecule has 1 spiro atoms. The second-order valence-corrected chi connectivity index (χ2v) is 9.29. The van der Waals surface area contributed by atoms with Gasteiger partial charge in [0.25, 0.3) is 0 Å². The summed E-state index contributed by atoms with van der Waals surface area (Å²) in [5.74, 6) is 1.68. The van der Waals surface area contributed by atoms with E-state index in [1.165, 1.54) is 32.1 Å². The monoisotopic (exact) mass is 368 g/mol. The average Bonchev–Trinajstić information content (AvgIpc) is 3.00. The van der Waals surface area contributed by atoms with Crippen molar-refractivity contribution >= 4 is 23.6 Å². The molecular formula is C20H36N2O2S. The van der Waals surface area contributed by atoms with Gasteiger partial charge in [0.2, 0.25) is 11.8 Å². The number of thioether (sulfide) groups is 1. The van der Waals surface area contributed by atoms with Gasteiger partial charge in [-0.2, -0.15) is 0 Å². The van der Waals surface area contributed by atoms with Crippen LogP contribution in [0.3, 0.4) is 0 Å². The molecule has 0 aromatic carbocycles. The molecule has 5 heteroatoms. The first kappa shape index (κ1) is 20.6. The standard InChI is InChI=1S/C20H36N2O2S/c1-4-5-6-7-8-9-10-18(23)21-13-11-20(12-14-21)22(15-16-25-20)19(24)17(2)3/h17H,4-16H2,1-3H3. The molecule has 4 nitrogen and oxygen atoms in total. The van der Waals surface area contributed by atoms with Gasteiger partial charge < -0.3 is 9.80 Å². The molecular weight excluding hydrogens is 332 g/mol. The molecule has 2 fully saturated rings. The smallest absolute Gasteiger partial charge is 0.226 e. The Labute approximate surface area is 158 Å². The molecule has 0 bridgehead atoms. The topological polar surface area (TPSA) is 40.6 Å². The molecule has 2 aliphatic heterocycles. The Morgan fingerprint density at radius 3 is 2.28 bits per heavy atom. The highest BCUT2D eigenvalue weighted by atomic mass is 32.2. The summed E-state index contributed by atoms with van der Waals surface area (Å²) < 4.78 is 0. The molecule has 2 aliphatic rings. The van der Waals surface area contributed by atoms with Crippen molar-refractivity contribution in [2.45, 2.75) is 83.4 Å². The predicted molar refractivity (Wildman–Crippen MR) is 106 cm³/mol. The number of piperidine rings is 1. The fourth-order valence-corrected chi connectivity index (χ4v) is 5.43. The number of unbranched alkanes of at least 4 members (excludes halogenated alkanes) is 5. The zero-order chi connectivity index (χ0) is 18.3. The van der Waals surface area contributed by atoms with E-state index in [-0.39, 0.29) is 16.7 Å². The van der Waals surface area contributed by atoms with Crippen LogP contribution in [0.2, 0.25) is 0 Å². The van der Waals surface area contributed by atoms with Crippen molar-refractivity contribution in [2.75, 3.05) is 25.4 Å². The summed E-state index contributed by atoms with van der Waals surface area (Å²) in [5.41, 5.74) is 0. The summed E-state index contributed by atoms with van der Waals surface area (Å²) in [7, 11) is 0. The Kier molecular flexibility index (Phi) is 8.11. The number of likely N-dealkylation sites (tertiary alicyclic amines) is 1. The van der Waals surface area contributed by atoms with Crippen molar-refractivity contribution in [2.24, 2.45) is 5.92 Å². The molecule has 0 aromatic heterocycles. The normalized spacial score (nSPS) is 19.8. The molecule has 2 heterocycles. The first-order chi connectivity index (χ1) is 12.0. The molecule has 0 radical (unpaired) electrons. The fraction of sp³-hybridized carbons (Fsp3) is 0.900. The number of amides is 2. The molecule has 25 heavy (non-hydrogen) atoms. The lowest BCUT2D eigenvalue weighted by Crippen LogP contribution is -2.54. The van der Waals surface area contributed by atoms with E-state index >= 15 is 0 Å². The first-order valence-electron chi connectivity index (χ1n) is 10.2. The number of hydrogen-bond acceptors (Lipinski definition) is 3. The van der Waals surface area contributed by atoms with Gasteiger partial charge in [0.1, 0.15) is 0 Å². The van der Waals surface area contributed by atoms with E-state index in [2.05, 4.69) is 11.8 Å². The van der Waals surface area contributed by atoms with E-state index in [0.29, 0.717) is 12.3 Å². The van der Waals surface area contributed by atoms with Crippen LogP contribution >= 0.6 is 11.8 Å². The largest absolute Gasteiger partial charge is 0.342 e. The van der Waals surface area contributed by atoms with Crippen molar-refractivity contribution in [3.05, 3.63) is 0 Å². The van der Waals surface area contributed by atoms with Crippen LogP contribution in [-0.2, 0) is 9.59 Å². The van der Waals surface area contributed by atoms with E-state index in [9.17, 15) is 9.59 Å². The Morgan fingerprint density at radius 1 is 1.00 bits per heavy atom. The number of carbonyl (C=O) groups excluding carboxylic acids is 2. The molecule has 2 saturated heterocycles. The lowest BCUT2D eigenvalue weighted by atomic mass is 9.99. The van der Waals surface area contributed by atoms with Crippen LogP contribution < -0.4 is 0 Å². The van der Waals surface area contributed by atoms with Crippen molar-refractivity contribution in [1.82, 2.24) is 9.80 Å². The minimum atomic E-state index is -0.0434. The molecule has 0 N–H and O–H groups in total. The zero-order valence-corrected chi connectivity index (χ0v) is 17.2. The van der Waals surface area contributed by atoms with E-state index in [1.54, 1.807) is 0 Å². The highest BCUT2D eigenvalue weighted by molar-refractivity contribution is 8.00. The second-order valence-electron chi connectivity index (χ2n) is 7.84. The van der Waals surface area contributed by atoms with Crippen LogP contribution in [0.25, 0.3) is 0 Å². The summed E-state index contributed by atoms with van der Waals surface area (Å²) in [6.45, 7) is 8.68. The predicted octanol–water partition coefficient (Wildman–Crippen LogP) is 4.29. The number of carbonyl (C=O) groups is 2. The van der Waals surface area contributed by atoms with E-state index in [1.807, 2.05) is 30.5 Å². The van der Waals surface area contributed by atoms with Gasteiger partial charge in [-0.3, -0.25) is 9.59 Å². The van der Waals surface area contributed by atoms with Gasteiger partial charge in [0, 0.05) is 37.7 Å². The molecule has 2 amide bonds. The SMILES string of the molecule is CCCCCCCCC(=O)N1CCC2(CC1)SCCN2C(=O)C(C)C. The zero-order valence-electron chi connectivity index (χ0n) is 16.4. The summed E-state index contributed by atoms with van der Waals surface area (Å²) in [6, 6.07) is 0. The third kappa shape index (κ3) is 5.38. The molecule has 0 atom stereocenters. The van der Waals surface area contributed by atoms with Crippen molar-refractivity contribution in [3.63, 3.8) is 0 Å². The molecule has 0 aliphatic carbocycles. The highest BCUT2D eigenvalue weighted by Crippen LogP contribution is 2.44. The van der Waals surface area contributed by atoms with Gasteiger partial charge in [0.05, 0.1) is 4.87 Å². The number of nitrogens with zero attached hydrogens (tertiary/aromatic N) is 2. The average molecular weight is 369 g/mol. The maximum atomic E-state index is 12.5. The summed E-state index contributed by atoms with van der Waals surface area (Å²) >= 11 is 1.93. The van der Waals surface area contributed by atoms with Crippen LogP contribution in [-0.4, -0.2) is 51.9 Å². The van der Waals surface area contributed by atoms with Gasteiger partial charge in [-0.15, -0.1) is 11.8 Å². The fourth-order valence-electron chi connectivity index (χ4n) is 3.97. The minimum absolute atomic E-state index is 0.0434. The Bertz CT molecular complexity index is 445. The molecule has 0 saturated carbocycles. The lowest BCUT2D eigenvalue weighted by Gasteiger charge is -2.44. The van der Waals surface area contributed by atoms with Gasteiger partial charge >= 0.3 is 0 Å². The molecule has 2 rings (SSSR count). The Morgan fingerprint density at radius 2 is 1.64 bits per heavy atom. The van der Waals surface area contributed by atoms with E-state index < -0.39 is 0 Å². The van der Waals surface area contributed by atoms with Crippen molar-refractivity contribution in [3.8, 4) is 0 Å². The van der Waals surface area contributed by atoms with Gasteiger partial charge in [-0.25, -0.2) is 0 Å².